The van der Waals surface area contributed by atoms with Crippen molar-refractivity contribution in [2.75, 3.05) is 11.9 Å². The summed E-state index contributed by atoms with van der Waals surface area (Å²) in [6.07, 6.45) is -2.12. The van der Waals surface area contributed by atoms with Crippen molar-refractivity contribution in [3.63, 3.8) is 0 Å². The summed E-state index contributed by atoms with van der Waals surface area (Å²) >= 11 is 0. The summed E-state index contributed by atoms with van der Waals surface area (Å²) in [4.78, 5) is 3.37. The number of hydrogen-bond acceptors (Lipinski definition) is 2. The SMILES string of the molecule is CCC(C)CNc1ccc(C(F)(F)F)nc1. The molecule has 0 spiro atoms. The van der Waals surface area contributed by atoms with Gasteiger partial charge in [0.1, 0.15) is 5.69 Å². The highest BCUT2D eigenvalue weighted by Gasteiger charge is 2.31. The molecule has 0 aliphatic carbocycles. The maximum atomic E-state index is 12.2. The summed E-state index contributed by atoms with van der Waals surface area (Å²) < 4.78 is 36.6. The number of hydrogen-bond donors (Lipinski definition) is 1. The first-order valence-corrected chi connectivity index (χ1v) is 5.20. The lowest BCUT2D eigenvalue weighted by atomic mass is 10.1. The number of nitrogens with zero attached hydrogens (tertiary/aromatic N) is 1. The number of anilines is 1. The van der Waals surface area contributed by atoms with E-state index < -0.39 is 11.9 Å². The molecule has 0 saturated heterocycles. The Morgan fingerprint density at radius 1 is 1.38 bits per heavy atom. The van der Waals surface area contributed by atoms with E-state index in [0.29, 0.717) is 11.6 Å². The topological polar surface area (TPSA) is 24.9 Å². The van der Waals surface area contributed by atoms with E-state index in [-0.39, 0.29) is 0 Å². The fourth-order valence-electron chi connectivity index (χ4n) is 1.10. The molecule has 0 aromatic carbocycles. The van der Waals surface area contributed by atoms with Gasteiger partial charge in [0.05, 0.1) is 11.9 Å². The van der Waals surface area contributed by atoms with Gasteiger partial charge in [-0.1, -0.05) is 20.3 Å². The third kappa shape index (κ3) is 3.72. The van der Waals surface area contributed by atoms with Crippen molar-refractivity contribution in [1.82, 2.24) is 4.98 Å². The van der Waals surface area contributed by atoms with Gasteiger partial charge in [0.25, 0.3) is 0 Å². The molecule has 1 unspecified atom stereocenters. The molecule has 0 radical (unpaired) electrons. The molecule has 1 N–H and O–H groups in total. The minimum absolute atomic E-state index is 0.488. The Morgan fingerprint density at radius 3 is 2.50 bits per heavy atom. The van der Waals surface area contributed by atoms with Crippen molar-refractivity contribution in [3.05, 3.63) is 24.0 Å². The Kier molecular flexibility index (Phi) is 4.15. The van der Waals surface area contributed by atoms with Crippen LogP contribution in [0.3, 0.4) is 0 Å². The first kappa shape index (κ1) is 12.8. The number of rotatable bonds is 4. The first-order valence-electron chi connectivity index (χ1n) is 5.20. The number of alkyl halides is 3. The molecule has 1 atom stereocenters. The molecule has 90 valence electrons. The molecule has 2 nitrogen and oxygen atoms in total. The zero-order valence-corrected chi connectivity index (χ0v) is 9.30. The maximum Gasteiger partial charge on any atom is 0.433 e. The summed E-state index contributed by atoms with van der Waals surface area (Å²) in [6.45, 7) is 4.88. The molecule has 1 aromatic rings. The van der Waals surface area contributed by atoms with Crippen LogP contribution in [0.5, 0.6) is 0 Å². The largest absolute Gasteiger partial charge is 0.433 e. The third-order valence-corrected chi connectivity index (χ3v) is 2.41. The van der Waals surface area contributed by atoms with Crippen molar-refractivity contribution in [2.45, 2.75) is 26.4 Å². The second-order valence-corrected chi connectivity index (χ2v) is 3.82. The van der Waals surface area contributed by atoms with E-state index in [1.165, 1.54) is 12.3 Å². The molecule has 0 aliphatic rings. The van der Waals surface area contributed by atoms with Gasteiger partial charge >= 0.3 is 6.18 Å². The molecule has 1 aromatic heterocycles. The van der Waals surface area contributed by atoms with Crippen molar-refractivity contribution >= 4 is 5.69 Å². The summed E-state index contributed by atoms with van der Waals surface area (Å²) in [5.41, 5.74) is -0.241. The Labute approximate surface area is 92.9 Å². The van der Waals surface area contributed by atoms with Crippen LogP contribution in [-0.2, 0) is 6.18 Å². The molecule has 0 bridgehead atoms. The van der Waals surface area contributed by atoms with E-state index >= 15 is 0 Å². The van der Waals surface area contributed by atoms with Crippen molar-refractivity contribution in [2.24, 2.45) is 5.92 Å². The summed E-state index contributed by atoms with van der Waals surface area (Å²) in [6, 6.07) is 2.39. The lowest BCUT2D eigenvalue weighted by molar-refractivity contribution is -0.141. The van der Waals surface area contributed by atoms with Gasteiger partial charge in [-0.3, -0.25) is 0 Å². The predicted octanol–water partition coefficient (Wildman–Crippen LogP) is 3.56. The van der Waals surface area contributed by atoms with Crippen LogP contribution in [0.15, 0.2) is 18.3 Å². The molecule has 0 amide bonds. The molecule has 0 saturated carbocycles. The molecular formula is C11H15F3N2. The molecule has 1 rings (SSSR count). The van der Waals surface area contributed by atoms with Crippen molar-refractivity contribution in [3.8, 4) is 0 Å². The number of pyridine rings is 1. The quantitative estimate of drug-likeness (QED) is 0.858. The van der Waals surface area contributed by atoms with Gasteiger partial charge in [-0.05, 0) is 18.1 Å². The van der Waals surface area contributed by atoms with Gasteiger partial charge in [-0.25, -0.2) is 4.98 Å². The Morgan fingerprint density at radius 2 is 2.06 bits per heavy atom. The average molecular weight is 232 g/mol. The van der Waals surface area contributed by atoms with Crippen LogP contribution in [-0.4, -0.2) is 11.5 Å². The van der Waals surface area contributed by atoms with Crippen LogP contribution in [0.2, 0.25) is 0 Å². The summed E-state index contributed by atoms with van der Waals surface area (Å²) in [7, 11) is 0. The van der Waals surface area contributed by atoms with Gasteiger partial charge in [-0.15, -0.1) is 0 Å². The number of halogens is 3. The minimum atomic E-state index is -4.37. The monoisotopic (exact) mass is 232 g/mol. The normalized spacial score (nSPS) is 13.6. The second-order valence-electron chi connectivity index (χ2n) is 3.82. The van der Waals surface area contributed by atoms with E-state index in [1.54, 1.807) is 0 Å². The Balaban J connectivity index is 2.58. The zero-order valence-electron chi connectivity index (χ0n) is 9.30. The smallest absolute Gasteiger partial charge is 0.384 e. The van der Waals surface area contributed by atoms with Crippen LogP contribution in [0.4, 0.5) is 18.9 Å². The van der Waals surface area contributed by atoms with Crippen molar-refractivity contribution < 1.29 is 13.2 Å². The summed E-state index contributed by atoms with van der Waals surface area (Å²) in [5.74, 6) is 0.488. The van der Waals surface area contributed by atoms with Gasteiger partial charge in [0.15, 0.2) is 0 Å². The Bertz CT molecular complexity index is 319. The Hall–Kier alpha value is -1.26. The van der Waals surface area contributed by atoms with Crippen LogP contribution >= 0.6 is 0 Å². The van der Waals surface area contributed by atoms with E-state index in [2.05, 4.69) is 24.1 Å². The van der Waals surface area contributed by atoms with E-state index in [1.807, 2.05) is 0 Å². The van der Waals surface area contributed by atoms with Gasteiger partial charge in [-0.2, -0.15) is 13.2 Å². The minimum Gasteiger partial charge on any atom is -0.384 e. The lowest BCUT2D eigenvalue weighted by Gasteiger charge is -2.11. The average Bonchev–Trinajstić information content (AvgIpc) is 2.25. The molecule has 5 heteroatoms. The summed E-state index contributed by atoms with van der Waals surface area (Å²) in [5, 5.41) is 3.04. The van der Waals surface area contributed by atoms with Crippen LogP contribution in [0.1, 0.15) is 26.0 Å². The van der Waals surface area contributed by atoms with Gasteiger partial charge < -0.3 is 5.32 Å². The van der Waals surface area contributed by atoms with Crippen LogP contribution < -0.4 is 5.32 Å². The van der Waals surface area contributed by atoms with E-state index in [0.717, 1.165) is 19.0 Å². The van der Waals surface area contributed by atoms with E-state index in [9.17, 15) is 13.2 Å². The molecule has 0 aliphatic heterocycles. The van der Waals surface area contributed by atoms with E-state index in [4.69, 9.17) is 0 Å². The zero-order chi connectivity index (χ0) is 12.2. The lowest BCUT2D eigenvalue weighted by Crippen LogP contribution is -2.12. The fraction of sp³-hybridized carbons (Fsp3) is 0.545. The van der Waals surface area contributed by atoms with Crippen LogP contribution in [0.25, 0.3) is 0 Å². The standard InChI is InChI=1S/C11H15F3N2/c1-3-8(2)6-15-9-4-5-10(16-7-9)11(12,13)14/h4-5,7-8,15H,3,6H2,1-2H3. The molecule has 16 heavy (non-hydrogen) atoms. The highest BCUT2D eigenvalue weighted by atomic mass is 19.4. The molecule has 1 heterocycles. The van der Waals surface area contributed by atoms with Crippen molar-refractivity contribution in [1.29, 1.82) is 0 Å². The van der Waals surface area contributed by atoms with Crippen LogP contribution in [0, 0.1) is 5.92 Å². The molecular weight excluding hydrogens is 217 g/mol. The van der Waals surface area contributed by atoms with Gasteiger partial charge in [0.2, 0.25) is 0 Å². The third-order valence-electron chi connectivity index (χ3n) is 2.41. The number of aromatic nitrogens is 1. The fourth-order valence-corrected chi connectivity index (χ4v) is 1.10. The molecule has 0 fully saturated rings. The number of nitrogens with one attached hydrogen (secondary N) is 1. The first-order chi connectivity index (χ1) is 7.43. The highest BCUT2D eigenvalue weighted by molar-refractivity contribution is 5.41. The van der Waals surface area contributed by atoms with Gasteiger partial charge in [0, 0.05) is 6.54 Å². The highest BCUT2D eigenvalue weighted by Crippen LogP contribution is 2.27. The predicted molar refractivity (Wildman–Crippen MR) is 57.2 cm³/mol. The second kappa shape index (κ2) is 5.18. The maximum absolute atomic E-state index is 12.2.